The fourth-order valence-corrected chi connectivity index (χ4v) is 3.19. The van der Waals surface area contributed by atoms with Gasteiger partial charge in [0.25, 0.3) is 0 Å². The van der Waals surface area contributed by atoms with Crippen LogP contribution in [0.2, 0.25) is 0 Å². The molecule has 1 fully saturated rings. The number of piperazine rings is 1. The van der Waals surface area contributed by atoms with Crippen molar-refractivity contribution in [1.82, 2.24) is 30.0 Å². The van der Waals surface area contributed by atoms with Gasteiger partial charge in [-0.05, 0) is 28.6 Å². The van der Waals surface area contributed by atoms with E-state index in [9.17, 15) is 18.0 Å². The Bertz CT molecular complexity index is 924. The molecule has 0 atom stereocenters. The van der Waals surface area contributed by atoms with Gasteiger partial charge in [0.1, 0.15) is 0 Å². The maximum Gasteiger partial charge on any atom is 0.417 e. The molecule has 3 rings (SSSR count). The van der Waals surface area contributed by atoms with Crippen molar-refractivity contribution in [2.75, 3.05) is 26.2 Å². The number of aromatic nitrogens is 4. The molecular weight excluding hydrogens is 387 g/mol. The summed E-state index contributed by atoms with van der Waals surface area (Å²) in [5, 5.41) is 20.3. The van der Waals surface area contributed by atoms with E-state index in [0.29, 0.717) is 38.5 Å². The highest BCUT2D eigenvalue weighted by Gasteiger charge is 2.34. The lowest BCUT2D eigenvalue weighted by molar-refractivity contribution is -0.138. The van der Waals surface area contributed by atoms with E-state index in [4.69, 9.17) is 5.26 Å². The Morgan fingerprint density at radius 3 is 2.52 bits per heavy atom. The summed E-state index contributed by atoms with van der Waals surface area (Å²) in [7, 11) is 0. The van der Waals surface area contributed by atoms with E-state index >= 15 is 0 Å². The van der Waals surface area contributed by atoms with Gasteiger partial charge in [-0.1, -0.05) is 13.8 Å². The van der Waals surface area contributed by atoms with E-state index < -0.39 is 17.3 Å². The average molecular weight is 407 g/mol. The number of alkyl halides is 3. The Morgan fingerprint density at radius 2 is 1.93 bits per heavy atom. The molecule has 0 unspecified atom stereocenters. The number of hydrogen-bond donors (Lipinski definition) is 0. The van der Waals surface area contributed by atoms with Gasteiger partial charge in [-0.2, -0.15) is 23.1 Å². The first-order valence-electron chi connectivity index (χ1n) is 9.11. The second kappa shape index (κ2) is 8.16. The number of nitriles is 1. The fraction of sp³-hybridized carbons (Fsp3) is 0.500. The number of benzene rings is 1. The number of carbonyl (C=O) groups excluding carboxylic acids is 1. The highest BCUT2D eigenvalue weighted by Crippen LogP contribution is 2.33. The lowest BCUT2D eigenvalue weighted by Gasteiger charge is -2.35. The monoisotopic (exact) mass is 407 g/mol. The molecule has 154 valence electrons. The van der Waals surface area contributed by atoms with Crippen molar-refractivity contribution in [1.29, 1.82) is 5.26 Å². The second-order valence-corrected chi connectivity index (χ2v) is 7.10. The molecule has 1 aromatic heterocycles. The highest BCUT2D eigenvalue weighted by molar-refractivity contribution is 5.78. The van der Waals surface area contributed by atoms with E-state index in [-0.39, 0.29) is 17.5 Å². The van der Waals surface area contributed by atoms with Gasteiger partial charge in [0, 0.05) is 32.1 Å². The molecule has 2 aromatic rings. The van der Waals surface area contributed by atoms with Gasteiger partial charge in [0.05, 0.1) is 29.4 Å². The summed E-state index contributed by atoms with van der Waals surface area (Å²) in [6.07, 6.45) is -4.66. The zero-order valence-corrected chi connectivity index (χ0v) is 16.0. The first kappa shape index (κ1) is 20.7. The van der Waals surface area contributed by atoms with E-state index in [1.165, 1.54) is 10.7 Å². The maximum atomic E-state index is 13.2. The third kappa shape index (κ3) is 4.54. The van der Waals surface area contributed by atoms with Gasteiger partial charge < -0.3 is 4.90 Å². The number of halogens is 3. The number of rotatable bonds is 4. The molecule has 1 aliphatic heterocycles. The number of tetrazole rings is 1. The molecule has 0 saturated carbocycles. The summed E-state index contributed by atoms with van der Waals surface area (Å²) >= 11 is 0. The van der Waals surface area contributed by atoms with Gasteiger partial charge in [-0.15, -0.1) is 5.10 Å². The van der Waals surface area contributed by atoms with Crippen LogP contribution in [0.5, 0.6) is 0 Å². The number of hydrogen-bond acceptors (Lipinski definition) is 6. The van der Waals surface area contributed by atoms with Crippen LogP contribution < -0.4 is 0 Å². The topological polar surface area (TPSA) is 90.9 Å². The summed E-state index contributed by atoms with van der Waals surface area (Å²) < 4.78 is 40.9. The summed E-state index contributed by atoms with van der Waals surface area (Å²) in [4.78, 5) is 15.9. The molecule has 0 aliphatic carbocycles. The third-order valence-corrected chi connectivity index (χ3v) is 4.75. The molecule has 0 radical (unpaired) electrons. The molecule has 8 nitrogen and oxygen atoms in total. The normalized spacial score (nSPS) is 15.6. The Hall–Kier alpha value is -3.00. The Labute approximate surface area is 165 Å². The van der Waals surface area contributed by atoms with Crippen molar-refractivity contribution >= 4 is 5.91 Å². The predicted molar refractivity (Wildman–Crippen MR) is 95.6 cm³/mol. The quantitative estimate of drug-likeness (QED) is 0.768. The number of carbonyl (C=O) groups is 1. The van der Waals surface area contributed by atoms with E-state index in [2.05, 4.69) is 15.5 Å². The van der Waals surface area contributed by atoms with Crippen LogP contribution in [0, 0.1) is 17.2 Å². The van der Waals surface area contributed by atoms with E-state index in [1.807, 2.05) is 18.7 Å². The van der Waals surface area contributed by atoms with Crippen molar-refractivity contribution in [3.8, 4) is 11.8 Å². The van der Waals surface area contributed by atoms with Crippen LogP contribution in [0.1, 0.15) is 30.8 Å². The van der Waals surface area contributed by atoms with Crippen molar-refractivity contribution in [3.05, 3.63) is 35.2 Å². The minimum absolute atomic E-state index is 0.0620. The molecule has 2 heterocycles. The Balaban J connectivity index is 1.76. The van der Waals surface area contributed by atoms with Crippen molar-refractivity contribution in [3.63, 3.8) is 0 Å². The van der Waals surface area contributed by atoms with Gasteiger partial charge in [0.15, 0.2) is 5.82 Å². The summed E-state index contributed by atoms with van der Waals surface area (Å²) in [6.45, 7) is 6.43. The molecule has 11 heteroatoms. The van der Waals surface area contributed by atoms with Crippen LogP contribution in [-0.2, 0) is 17.5 Å². The molecule has 1 amide bonds. The van der Waals surface area contributed by atoms with Crippen LogP contribution in [-0.4, -0.2) is 62.1 Å². The first-order valence-corrected chi connectivity index (χ1v) is 9.11. The SMILES string of the molecule is CC(C)C(=O)N1CCN(Cc2nnnn2-c2ccc(C#N)c(C(F)(F)F)c2)CC1. The second-order valence-electron chi connectivity index (χ2n) is 7.10. The van der Waals surface area contributed by atoms with Gasteiger partial charge in [-0.3, -0.25) is 9.69 Å². The lowest BCUT2D eigenvalue weighted by atomic mass is 10.1. The first-order chi connectivity index (χ1) is 13.7. The van der Waals surface area contributed by atoms with Crippen LogP contribution in [0.4, 0.5) is 13.2 Å². The number of nitrogens with zero attached hydrogens (tertiary/aromatic N) is 7. The van der Waals surface area contributed by atoms with Crippen LogP contribution in [0.15, 0.2) is 18.2 Å². The maximum absolute atomic E-state index is 13.2. The molecule has 1 aliphatic rings. The zero-order valence-electron chi connectivity index (χ0n) is 16.0. The molecule has 1 aromatic carbocycles. The largest absolute Gasteiger partial charge is 0.417 e. The Morgan fingerprint density at radius 1 is 1.24 bits per heavy atom. The van der Waals surface area contributed by atoms with Gasteiger partial charge in [0.2, 0.25) is 5.91 Å². The predicted octanol–water partition coefficient (Wildman–Crippen LogP) is 1.85. The minimum Gasteiger partial charge on any atom is -0.340 e. The van der Waals surface area contributed by atoms with Crippen LogP contribution in [0.25, 0.3) is 5.69 Å². The molecule has 1 saturated heterocycles. The van der Waals surface area contributed by atoms with Crippen LogP contribution in [0.3, 0.4) is 0 Å². The molecular formula is C18H20F3N7O. The molecule has 0 spiro atoms. The lowest BCUT2D eigenvalue weighted by Crippen LogP contribution is -2.49. The summed E-state index contributed by atoms with van der Waals surface area (Å²) in [6, 6.07) is 4.92. The molecule has 29 heavy (non-hydrogen) atoms. The zero-order chi connectivity index (χ0) is 21.2. The Kier molecular flexibility index (Phi) is 5.83. The summed E-state index contributed by atoms with van der Waals surface area (Å²) in [5.41, 5.74) is -1.36. The van der Waals surface area contributed by atoms with Gasteiger partial charge >= 0.3 is 6.18 Å². The average Bonchev–Trinajstić information content (AvgIpc) is 3.14. The minimum atomic E-state index is -4.66. The fourth-order valence-electron chi connectivity index (χ4n) is 3.19. The standard InChI is InChI=1S/C18H20F3N7O/c1-12(2)17(29)27-7-5-26(6-8-27)11-16-23-24-25-28(16)14-4-3-13(10-22)15(9-14)18(19,20)21/h3-4,9,12H,5-8,11H2,1-2H3. The smallest absolute Gasteiger partial charge is 0.340 e. The molecule has 0 bridgehead atoms. The van der Waals surface area contributed by atoms with Gasteiger partial charge in [-0.25, -0.2) is 0 Å². The van der Waals surface area contributed by atoms with Crippen molar-refractivity contribution in [2.45, 2.75) is 26.6 Å². The van der Waals surface area contributed by atoms with Crippen molar-refractivity contribution < 1.29 is 18.0 Å². The van der Waals surface area contributed by atoms with Crippen LogP contribution >= 0.6 is 0 Å². The molecule has 0 N–H and O–H groups in total. The highest BCUT2D eigenvalue weighted by atomic mass is 19.4. The summed E-state index contributed by atoms with van der Waals surface area (Å²) in [5.74, 6) is 0.422. The number of amides is 1. The van der Waals surface area contributed by atoms with E-state index in [1.54, 1.807) is 11.0 Å². The third-order valence-electron chi connectivity index (χ3n) is 4.75. The van der Waals surface area contributed by atoms with E-state index in [0.717, 1.165) is 12.1 Å². The van der Waals surface area contributed by atoms with Crippen molar-refractivity contribution in [2.24, 2.45) is 5.92 Å².